The van der Waals surface area contributed by atoms with E-state index in [0.717, 1.165) is 0 Å². The van der Waals surface area contributed by atoms with Crippen LogP contribution in [0.15, 0.2) is 0 Å². The SMILES string of the molecule is CCCC[Si]1(C)C[Si](C)(C)O[Si](C)(C)O1. The van der Waals surface area contributed by atoms with Crippen LogP contribution < -0.4 is 0 Å². The summed E-state index contributed by atoms with van der Waals surface area (Å²) in [6.07, 6.45) is 2.62. The molecule has 0 saturated carbocycles. The lowest BCUT2D eigenvalue weighted by Crippen LogP contribution is -2.62. The van der Waals surface area contributed by atoms with E-state index in [4.69, 9.17) is 8.23 Å². The summed E-state index contributed by atoms with van der Waals surface area (Å²) in [6.45, 7) is 13.9. The first kappa shape index (κ1) is 13.6. The Morgan fingerprint density at radius 1 is 1.00 bits per heavy atom. The number of hydrogen-bond donors (Lipinski definition) is 0. The Balaban J connectivity index is 2.73. The first-order valence-corrected chi connectivity index (χ1v) is 14.8. The molecule has 2 nitrogen and oxygen atoms in total. The molecule has 1 aliphatic rings. The van der Waals surface area contributed by atoms with Crippen molar-refractivity contribution in [1.29, 1.82) is 0 Å². The third-order valence-electron chi connectivity index (χ3n) is 2.87. The molecule has 1 unspecified atom stereocenters. The fourth-order valence-corrected chi connectivity index (χ4v) is 24.9. The van der Waals surface area contributed by atoms with Crippen LogP contribution in [0.3, 0.4) is 0 Å². The van der Waals surface area contributed by atoms with Crippen LogP contribution in [0.5, 0.6) is 0 Å². The van der Waals surface area contributed by atoms with Gasteiger partial charge in [0.1, 0.15) is 0 Å². The van der Waals surface area contributed by atoms with Crippen LogP contribution in [0.25, 0.3) is 0 Å². The van der Waals surface area contributed by atoms with E-state index in [2.05, 4.69) is 39.7 Å². The van der Waals surface area contributed by atoms with Crippen molar-refractivity contribution < 1.29 is 8.23 Å². The second-order valence-corrected chi connectivity index (χ2v) is 18.9. The Bertz CT molecular complexity index is 213. The highest BCUT2D eigenvalue weighted by Crippen LogP contribution is 2.36. The van der Waals surface area contributed by atoms with Crippen LogP contribution in [0.4, 0.5) is 0 Å². The Kier molecular flexibility index (Phi) is 4.04. The van der Waals surface area contributed by atoms with Crippen molar-refractivity contribution in [2.24, 2.45) is 0 Å². The highest BCUT2D eigenvalue weighted by atomic mass is 28.5. The van der Waals surface area contributed by atoms with Gasteiger partial charge in [-0.1, -0.05) is 19.8 Å². The van der Waals surface area contributed by atoms with E-state index < -0.39 is 25.2 Å². The monoisotopic (exact) mass is 262 g/mol. The minimum absolute atomic E-state index is 1.29. The molecule has 0 aliphatic carbocycles. The molecule has 5 heteroatoms. The molecular weight excluding hydrogens is 236 g/mol. The minimum atomic E-state index is -1.79. The van der Waals surface area contributed by atoms with Gasteiger partial charge < -0.3 is 8.23 Å². The molecule has 1 fully saturated rings. The molecule has 1 heterocycles. The van der Waals surface area contributed by atoms with E-state index in [1.54, 1.807) is 0 Å². The van der Waals surface area contributed by atoms with Crippen molar-refractivity contribution in [2.45, 2.75) is 64.2 Å². The maximum atomic E-state index is 6.39. The van der Waals surface area contributed by atoms with Crippen molar-refractivity contribution in [2.75, 3.05) is 0 Å². The molecule has 0 aromatic carbocycles. The van der Waals surface area contributed by atoms with Crippen LogP contribution in [-0.2, 0) is 8.23 Å². The number of hydrogen-bond acceptors (Lipinski definition) is 2. The van der Waals surface area contributed by atoms with Gasteiger partial charge in [0.05, 0.1) is 0 Å². The summed E-state index contributed by atoms with van der Waals surface area (Å²) in [7, 11) is -4.63. The van der Waals surface area contributed by atoms with E-state index in [-0.39, 0.29) is 0 Å². The third kappa shape index (κ3) is 4.14. The zero-order valence-corrected chi connectivity index (χ0v) is 14.1. The highest BCUT2D eigenvalue weighted by Gasteiger charge is 2.50. The molecule has 1 saturated heterocycles. The molecule has 15 heavy (non-hydrogen) atoms. The molecule has 0 spiro atoms. The van der Waals surface area contributed by atoms with Crippen LogP contribution in [-0.4, -0.2) is 25.2 Å². The van der Waals surface area contributed by atoms with Crippen LogP contribution in [0.1, 0.15) is 19.8 Å². The summed E-state index contributed by atoms with van der Waals surface area (Å²) >= 11 is 0. The minimum Gasteiger partial charge on any atom is -0.437 e. The van der Waals surface area contributed by atoms with Crippen LogP contribution >= 0.6 is 0 Å². The average molecular weight is 263 g/mol. The molecule has 0 N–H and O–H groups in total. The molecule has 0 bridgehead atoms. The largest absolute Gasteiger partial charge is 0.437 e. The van der Waals surface area contributed by atoms with Gasteiger partial charge in [0.15, 0.2) is 16.6 Å². The van der Waals surface area contributed by atoms with Crippen molar-refractivity contribution in [3.8, 4) is 0 Å². The predicted octanol–water partition coefficient (Wildman–Crippen LogP) is 3.85. The van der Waals surface area contributed by atoms with E-state index in [0.29, 0.717) is 0 Å². The van der Waals surface area contributed by atoms with Gasteiger partial charge in [-0.05, 0) is 44.4 Å². The molecule has 1 atom stereocenters. The second kappa shape index (κ2) is 4.44. The fraction of sp³-hybridized carbons (Fsp3) is 1.00. The Labute approximate surface area is 97.9 Å². The lowest BCUT2D eigenvalue weighted by molar-refractivity contribution is 0.367. The summed E-state index contributed by atoms with van der Waals surface area (Å²) in [5, 5.41) is 0. The number of unbranched alkanes of at least 4 members (excludes halogenated alkanes) is 1. The summed E-state index contributed by atoms with van der Waals surface area (Å²) in [5.41, 5.74) is 1.29. The first-order valence-electron chi connectivity index (χ1n) is 6.08. The molecule has 0 aromatic rings. The lowest BCUT2D eigenvalue weighted by Gasteiger charge is -2.48. The summed E-state index contributed by atoms with van der Waals surface area (Å²) < 4.78 is 12.6. The van der Waals surface area contributed by atoms with Crippen molar-refractivity contribution in [3.63, 3.8) is 0 Å². The van der Waals surface area contributed by atoms with Gasteiger partial charge >= 0.3 is 8.56 Å². The molecule has 0 aromatic heterocycles. The van der Waals surface area contributed by atoms with E-state index in [1.165, 1.54) is 24.6 Å². The average Bonchev–Trinajstić information content (AvgIpc) is 1.93. The predicted molar refractivity (Wildman–Crippen MR) is 73.3 cm³/mol. The Morgan fingerprint density at radius 3 is 2.07 bits per heavy atom. The Hall–Kier alpha value is 0.571. The first-order chi connectivity index (χ1) is 6.68. The lowest BCUT2D eigenvalue weighted by atomic mass is 10.4. The number of rotatable bonds is 3. The molecule has 1 aliphatic heterocycles. The van der Waals surface area contributed by atoms with Gasteiger partial charge in [-0.25, -0.2) is 0 Å². The standard InChI is InChI=1S/C10H26O2Si3/c1-7-8-9-15(6)10-13(2,3)11-14(4,5)12-15/h7-10H2,1-6H3. The van der Waals surface area contributed by atoms with Crippen LogP contribution in [0, 0.1) is 0 Å². The zero-order valence-electron chi connectivity index (χ0n) is 11.1. The molecule has 90 valence electrons. The van der Waals surface area contributed by atoms with Crippen molar-refractivity contribution in [1.82, 2.24) is 0 Å². The van der Waals surface area contributed by atoms with Gasteiger partial charge in [-0.2, -0.15) is 0 Å². The Morgan fingerprint density at radius 2 is 1.60 bits per heavy atom. The second-order valence-electron chi connectivity index (χ2n) is 6.09. The van der Waals surface area contributed by atoms with Gasteiger partial charge in [0, 0.05) is 0 Å². The summed E-state index contributed by atoms with van der Waals surface area (Å²) in [4.78, 5) is 0. The molecule has 1 rings (SSSR count). The topological polar surface area (TPSA) is 18.5 Å². The van der Waals surface area contributed by atoms with Crippen molar-refractivity contribution in [3.05, 3.63) is 0 Å². The van der Waals surface area contributed by atoms with Crippen molar-refractivity contribution >= 4 is 25.2 Å². The normalized spacial score (nSPS) is 34.0. The van der Waals surface area contributed by atoms with E-state index in [9.17, 15) is 0 Å². The molecule has 0 amide bonds. The molecular formula is C10H26O2Si3. The third-order valence-corrected chi connectivity index (χ3v) is 18.8. The summed E-state index contributed by atoms with van der Waals surface area (Å²) in [6, 6.07) is 1.33. The zero-order chi connectivity index (χ0) is 11.7. The maximum absolute atomic E-state index is 6.39. The van der Waals surface area contributed by atoms with Gasteiger partial charge in [0.25, 0.3) is 0 Å². The van der Waals surface area contributed by atoms with E-state index in [1.807, 2.05) is 0 Å². The maximum Gasteiger partial charge on any atom is 0.311 e. The smallest absolute Gasteiger partial charge is 0.311 e. The fourth-order valence-electron chi connectivity index (χ4n) is 2.94. The van der Waals surface area contributed by atoms with Crippen LogP contribution in [0.2, 0.25) is 44.4 Å². The highest BCUT2D eigenvalue weighted by molar-refractivity contribution is 7.00. The van der Waals surface area contributed by atoms with Gasteiger partial charge in [0.2, 0.25) is 0 Å². The molecule has 0 radical (unpaired) electrons. The van der Waals surface area contributed by atoms with Gasteiger partial charge in [-0.3, -0.25) is 0 Å². The van der Waals surface area contributed by atoms with E-state index >= 15 is 0 Å². The summed E-state index contributed by atoms with van der Waals surface area (Å²) in [5.74, 6) is 0. The van der Waals surface area contributed by atoms with Gasteiger partial charge in [-0.15, -0.1) is 0 Å². The quantitative estimate of drug-likeness (QED) is 0.719.